The van der Waals surface area contributed by atoms with Gasteiger partial charge in [-0.1, -0.05) is 24.8 Å². The summed E-state index contributed by atoms with van der Waals surface area (Å²) < 4.78 is 16.2. The van der Waals surface area contributed by atoms with Crippen molar-refractivity contribution >= 4 is 40.0 Å². The van der Waals surface area contributed by atoms with Crippen LogP contribution in [0.25, 0.3) is 39.5 Å². The molecule has 2 aliphatic heterocycles. The number of rotatable bonds is 6. The van der Waals surface area contributed by atoms with Gasteiger partial charge in [-0.15, -0.1) is 0 Å². The van der Waals surface area contributed by atoms with Crippen molar-refractivity contribution in [1.82, 2.24) is 24.3 Å². The quantitative estimate of drug-likeness (QED) is 0.291. The molecule has 2 aromatic carbocycles. The van der Waals surface area contributed by atoms with E-state index in [2.05, 4.69) is 45.3 Å². The van der Waals surface area contributed by atoms with Gasteiger partial charge in [-0.25, -0.2) is 9.78 Å². The molecule has 4 aromatic rings. The molecular weight excluding hydrogens is 542 g/mol. The number of carbonyl (C=O) groups is 2. The molecule has 0 spiro atoms. The smallest absolute Gasteiger partial charge is 0.407 e. The second-order valence-electron chi connectivity index (χ2n) is 13.1. The summed E-state index contributed by atoms with van der Waals surface area (Å²) in [7, 11) is 0. The van der Waals surface area contributed by atoms with Crippen LogP contribution in [-0.2, 0) is 17.8 Å². The third-order valence-electron chi connectivity index (χ3n) is 8.59. The van der Waals surface area contributed by atoms with Gasteiger partial charge in [0.2, 0.25) is 0 Å². The lowest BCUT2D eigenvalue weighted by Gasteiger charge is -2.33. The van der Waals surface area contributed by atoms with E-state index < -0.39 is 11.7 Å². The van der Waals surface area contributed by atoms with E-state index in [-0.39, 0.29) is 11.9 Å². The molecule has 9 nitrogen and oxygen atoms in total. The van der Waals surface area contributed by atoms with Crippen LogP contribution in [0.3, 0.4) is 0 Å². The van der Waals surface area contributed by atoms with Crippen LogP contribution < -0.4 is 10.1 Å². The molecule has 1 aliphatic carbocycles. The average Bonchev–Trinajstić information content (AvgIpc) is 3.63. The molecule has 0 bridgehead atoms. The molecule has 1 saturated heterocycles. The van der Waals surface area contributed by atoms with E-state index in [0.29, 0.717) is 43.5 Å². The maximum atomic E-state index is 13.8. The summed E-state index contributed by atoms with van der Waals surface area (Å²) in [6, 6.07) is 12.3. The molecule has 3 aliphatic rings. The van der Waals surface area contributed by atoms with Crippen molar-refractivity contribution in [2.45, 2.75) is 71.2 Å². The number of nitrogens with zero attached hydrogens (tertiary/aromatic N) is 4. The van der Waals surface area contributed by atoms with E-state index in [1.165, 1.54) is 23.7 Å². The van der Waals surface area contributed by atoms with Crippen LogP contribution in [0.1, 0.15) is 62.4 Å². The van der Waals surface area contributed by atoms with E-state index in [0.717, 1.165) is 47.5 Å². The van der Waals surface area contributed by atoms with Crippen LogP contribution >= 0.6 is 0 Å². The summed E-state index contributed by atoms with van der Waals surface area (Å²) in [6.07, 6.45) is 5.55. The fourth-order valence-corrected chi connectivity index (χ4v) is 6.40. The Labute approximate surface area is 251 Å². The largest absolute Gasteiger partial charge is 0.489 e. The topological polar surface area (TPSA) is 90.6 Å². The van der Waals surface area contributed by atoms with Gasteiger partial charge < -0.3 is 28.8 Å². The molecule has 43 heavy (non-hydrogen) atoms. The van der Waals surface area contributed by atoms with Gasteiger partial charge in [-0.3, -0.25) is 4.79 Å². The third kappa shape index (κ3) is 5.37. The van der Waals surface area contributed by atoms with Crippen LogP contribution in [0.15, 0.2) is 43.0 Å². The van der Waals surface area contributed by atoms with Gasteiger partial charge in [0.15, 0.2) is 5.82 Å². The van der Waals surface area contributed by atoms with Crippen LogP contribution in [0.4, 0.5) is 4.79 Å². The van der Waals surface area contributed by atoms with E-state index in [1.807, 2.05) is 43.9 Å². The van der Waals surface area contributed by atoms with Gasteiger partial charge >= 0.3 is 6.09 Å². The number of likely N-dealkylation sites (tertiary alicyclic amines) is 1. The summed E-state index contributed by atoms with van der Waals surface area (Å²) in [5, 5.41) is 4.12. The Morgan fingerprint density at radius 1 is 1.14 bits per heavy atom. The lowest BCUT2D eigenvalue weighted by molar-refractivity contribution is 0.0452. The van der Waals surface area contributed by atoms with Gasteiger partial charge in [0.05, 0.1) is 17.8 Å². The van der Waals surface area contributed by atoms with Gasteiger partial charge in [-0.2, -0.15) is 0 Å². The maximum Gasteiger partial charge on any atom is 0.407 e. The first-order chi connectivity index (χ1) is 20.7. The Kier molecular flexibility index (Phi) is 6.71. The molecule has 4 heterocycles. The fourth-order valence-electron chi connectivity index (χ4n) is 6.40. The van der Waals surface area contributed by atoms with Crippen LogP contribution in [0.5, 0.6) is 5.75 Å². The minimum atomic E-state index is -0.575. The molecule has 0 unspecified atom stereocenters. The Bertz CT molecular complexity index is 1760. The van der Waals surface area contributed by atoms with Crippen molar-refractivity contribution in [2.24, 2.45) is 5.92 Å². The highest BCUT2D eigenvalue weighted by atomic mass is 16.6. The van der Waals surface area contributed by atoms with Crippen LogP contribution in [-0.4, -0.2) is 62.4 Å². The van der Waals surface area contributed by atoms with E-state index in [4.69, 9.17) is 14.5 Å². The first-order valence-electron chi connectivity index (χ1n) is 15.4. The second kappa shape index (κ2) is 10.5. The number of piperidine rings is 1. The Morgan fingerprint density at radius 3 is 2.74 bits per heavy atom. The van der Waals surface area contributed by atoms with Crippen LogP contribution in [0.2, 0.25) is 0 Å². The lowest BCUT2D eigenvalue weighted by atomic mass is 10.0. The number of nitrogens with one attached hydrogen (secondary N) is 1. The first kappa shape index (κ1) is 27.6. The van der Waals surface area contributed by atoms with Gasteiger partial charge in [0, 0.05) is 42.1 Å². The normalized spacial score (nSPS) is 18.5. The minimum Gasteiger partial charge on any atom is -0.489 e. The molecular formula is C34H39N5O4. The predicted molar refractivity (Wildman–Crippen MR) is 167 cm³/mol. The number of benzene rings is 2. The van der Waals surface area contributed by atoms with E-state index in [1.54, 1.807) is 0 Å². The van der Waals surface area contributed by atoms with Crippen molar-refractivity contribution in [1.29, 1.82) is 0 Å². The molecule has 1 N–H and O–H groups in total. The zero-order valence-electron chi connectivity index (χ0n) is 25.2. The van der Waals surface area contributed by atoms with Crippen molar-refractivity contribution in [3.05, 3.63) is 54.1 Å². The summed E-state index contributed by atoms with van der Waals surface area (Å²) in [5.41, 5.74) is 5.04. The van der Waals surface area contributed by atoms with Crippen molar-refractivity contribution < 1.29 is 19.1 Å². The summed E-state index contributed by atoms with van der Waals surface area (Å²) in [6.45, 7) is 12.7. The molecule has 2 fully saturated rings. The van der Waals surface area contributed by atoms with E-state index in [9.17, 15) is 9.59 Å². The number of amides is 2. The monoisotopic (exact) mass is 581 g/mol. The number of fused-ring (bicyclic) bond motifs is 1. The highest BCUT2D eigenvalue weighted by molar-refractivity contribution is 6.00. The zero-order valence-corrected chi connectivity index (χ0v) is 25.2. The standard InChI is InChI=1S/C34H39N5O4/c1-5-21-10-11-23-17-28(39(27(23)15-21)19-22-8-9-22)31-36-26-16-24(18-29-30(26)38(31)13-14-42-29)32(40)37-12-6-7-25(20-37)35-33(41)43-34(2,3)4/h5,10-11,15-18,22,25H,1,6-9,12-14,19-20H2,2-4H3,(H,35,41)/t25-/m1/s1. The van der Waals surface area contributed by atoms with Crippen molar-refractivity contribution in [2.75, 3.05) is 19.7 Å². The lowest BCUT2D eigenvalue weighted by Crippen LogP contribution is -2.50. The number of imidazole rings is 1. The highest BCUT2D eigenvalue weighted by Gasteiger charge is 2.31. The second-order valence-corrected chi connectivity index (χ2v) is 13.1. The molecule has 0 radical (unpaired) electrons. The van der Waals surface area contributed by atoms with Gasteiger partial charge in [0.1, 0.15) is 23.5 Å². The predicted octanol–water partition coefficient (Wildman–Crippen LogP) is 6.23. The van der Waals surface area contributed by atoms with E-state index >= 15 is 0 Å². The summed E-state index contributed by atoms with van der Waals surface area (Å²) in [5.74, 6) is 2.19. The van der Waals surface area contributed by atoms with Crippen LogP contribution in [0, 0.1) is 5.92 Å². The molecule has 1 saturated carbocycles. The third-order valence-corrected chi connectivity index (χ3v) is 8.59. The van der Waals surface area contributed by atoms with Gasteiger partial charge in [-0.05, 0) is 82.2 Å². The number of hydrogen-bond donors (Lipinski definition) is 1. The molecule has 2 aromatic heterocycles. The van der Waals surface area contributed by atoms with Gasteiger partial charge in [0.25, 0.3) is 5.91 Å². The number of hydrogen-bond acceptors (Lipinski definition) is 5. The Balaban J connectivity index is 1.22. The minimum absolute atomic E-state index is 0.0843. The molecule has 224 valence electrons. The summed E-state index contributed by atoms with van der Waals surface area (Å²) in [4.78, 5) is 33.1. The Morgan fingerprint density at radius 2 is 1.98 bits per heavy atom. The Hall–Kier alpha value is -4.27. The average molecular weight is 582 g/mol. The molecule has 9 heteroatoms. The number of alkyl carbamates (subject to hydrolysis) is 1. The number of carbonyl (C=O) groups excluding carboxylic acids is 2. The number of aromatic nitrogens is 3. The molecule has 7 rings (SSSR count). The molecule has 1 atom stereocenters. The SMILES string of the molecule is C=Cc1ccc2cc(-c3nc4cc(C(=O)N5CCC[C@@H](NC(=O)OC(C)(C)C)C5)cc5c4n3CCO5)n(CC3CC3)c2c1. The highest BCUT2D eigenvalue weighted by Crippen LogP contribution is 2.39. The summed E-state index contributed by atoms with van der Waals surface area (Å²) >= 11 is 0. The first-order valence-corrected chi connectivity index (χ1v) is 15.4. The molecule has 2 amide bonds. The number of ether oxygens (including phenoxy) is 2. The van der Waals surface area contributed by atoms with Crippen molar-refractivity contribution in [3.63, 3.8) is 0 Å². The maximum absolute atomic E-state index is 13.8. The van der Waals surface area contributed by atoms with Crippen molar-refractivity contribution in [3.8, 4) is 17.3 Å². The zero-order chi connectivity index (χ0) is 29.9. The fraction of sp³-hybridized carbons (Fsp3) is 0.441.